The van der Waals surface area contributed by atoms with Crippen molar-refractivity contribution in [3.63, 3.8) is 0 Å². The molecule has 3 heteroatoms. The fourth-order valence-electron chi connectivity index (χ4n) is 1.71. The smallest absolute Gasteiger partial charge is 0.142 e. The number of hydrogen-bond acceptors (Lipinski definition) is 2. The highest BCUT2D eigenvalue weighted by molar-refractivity contribution is 9.10. The van der Waals surface area contributed by atoms with E-state index in [2.05, 4.69) is 39.4 Å². The van der Waals surface area contributed by atoms with E-state index < -0.39 is 0 Å². The molecule has 0 amide bonds. The van der Waals surface area contributed by atoms with Crippen molar-refractivity contribution in [3.8, 4) is 5.75 Å². The standard InChI is InChI=1S/C12H12BrNO/c1-14-12-10-5-4-9(13)7-8(10)3-6-11(12)15-2/h3-7,14H,1-2H3. The van der Waals surface area contributed by atoms with Crippen LogP contribution in [0.2, 0.25) is 0 Å². The molecule has 0 saturated carbocycles. The van der Waals surface area contributed by atoms with Crippen molar-refractivity contribution in [2.24, 2.45) is 0 Å². The molecule has 0 radical (unpaired) electrons. The number of methoxy groups -OCH3 is 1. The van der Waals surface area contributed by atoms with E-state index in [-0.39, 0.29) is 0 Å². The average molecular weight is 266 g/mol. The minimum Gasteiger partial charge on any atom is -0.495 e. The lowest BCUT2D eigenvalue weighted by atomic mass is 10.1. The molecule has 0 unspecified atom stereocenters. The van der Waals surface area contributed by atoms with Gasteiger partial charge in [0, 0.05) is 16.9 Å². The van der Waals surface area contributed by atoms with Crippen LogP contribution in [0, 0.1) is 0 Å². The average Bonchev–Trinajstić information content (AvgIpc) is 2.27. The summed E-state index contributed by atoms with van der Waals surface area (Å²) in [5.41, 5.74) is 1.03. The zero-order valence-electron chi connectivity index (χ0n) is 8.67. The van der Waals surface area contributed by atoms with Crippen LogP contribution in [0.1, 0.15) is 0 Å². The van der Waals surface area contributed by atoms with Gasteiger partial charge in [0.15, 0.2) is 0 Å². The fourth-order valence-corrected chi connectivity index (χ4v) is 2.09. The SMILES string of the molecule is CNc1c(OC)ccc2cc(Br)ccc12. The molecule has 15 heavy (non-hydrogen) atoms. The lowest BCUT2D eigenvalue weighted by Gasteiger charge is -2.11. The molecule has 0 atom stereocenters. The van der Waals surface area contributed by atoms with E-state index in [0.29, 0.717) is 0 Å². The highest BCUT2D eigenvalue weighted by Gasteiger charge is 2.06. The van der Waals surface area contributed by atoms with Crippen LogP contribution in [0.4, 0.5) is 5.69 Å². The number of hydrogen-bond donors (Lipinski definition) is 1. The Morgan fingerprint density at radius 3 is 2.67 bits per heavy atom. The fraction of sp³-hybridized carbons (Fsp3) is 0.167. The van der Waals surface area contributed by atoms with Crippen molar-refractivity contribution in [2.75, 3.05) is 19.5 Å². The Labute approximate surface area is 97.4 Å². The monoisotopic (exact) mass is 265 g/mol. The second kappa shape index (κ2) is 4.11. The molecule has 0 spiro atoms. The molecule has 0 heterocycles. The second-order valence-electron chi connectivity index (χ2n) is 3.26. The molecule has 78 valence electrons. The number of ether oxygens (including phenoxy) is 1. The van der Waals surface area contributed by atoms with Gasteiger partial charge in [0.25, 0.3) is 0 Å². The molecular weight excluding hydrogens is 254 g/mol. The number of nitrogens with one attached hydrogen (secondary N) is 1. The Hall–Kier alpha value is -1.22. The number of anilines is 1. The van der Waals surface area contributed by atoms with Crippen LogP contribution in [0.15, 0.2) is 34.8 Å². The summed E-state index contributed by atoms with van der Waals surface area (Å²) < 4.78 is 6.39. The van der Waals surface area contributed by atoms with Crippen LogP contribution in [0.3, 0.4) is 0 Å². The summed E-state index contributed by atoms with van der Waals surface area (Å²) in [5, 5.41) is 5.52. The topological polar surface area (TPSA) is 21.3 Å². The summed E-state index contributed by atoms with van der Waals surface area (Å²) in [6, 6.07) is 10.2. The van der Waals surface area contributed by atoms with E-state index in [4.69, 9.17) is 4.74 Å². The Balaban J connectivity index is 2.76. The summed E-state index contributed by atoms with van der Waals surface area (Å²) in [4.78, 5) is 0. The van der Waals surface area contributed by atoms with Crippen LogP contribution < -0.4 is 10.1 Å². The first-order valence-corrected chi connectivity index (χ1v) is 5.49. The summed E-state index contributed by atoms with van der Waals surface area (Å²) >= 11 is 3.46. The van der Waals surface area contributed by atoms with E-state index in [0.717, 1.165) is 15.9 Å². The maximum atomic E-state index is 5.30. The van der Waals surface area contributed by atoms with Gasteiger partial charge in [-0.05, 0) is 23.6 Å². The van der Waals surface area contributed by atoms with Gasteiger partial charge in [-0.1, -0.05) is 28.1 Å². The lowest BCUT2D eigenvalue weighted by molar-refractivity contribution is 0.417. The molecule has 0 aliphatic heterocycles. The van der Waals surface area contributed by atoms with E-state index in [1.54, 1.807) is 7.11 Å². The minimum absolute atomic E-state index is 0.868. The van der Waals surface area contributed by atoms with Gasteiger partial charge in [-0.15, -0.1) is 0 Å². The van der Waals surface area contributed by atoms with Gasteiger partial charge in [0.2, 0.25) is 0 Å². The third-order valence-electron chi connectivity index (χ3n) is 2.41. The Kier molecular flexibility index (Phi) is 2.82. The number of fused-ring (bicyclic) bond motifs is 1. The van der Waals surface area contributed by atoms with Crippen LogP contribution >= 0.6 is 15.9 Å². The highest BCUT2D eigenvalue weighted by atomic mass is 79.9. The number of benzene rings is 2. The molecule has 2 aromatic carbocycles. The molecule has 0 bridgehead atoms. The first-order chi connectivity index (χ1) is 7.26. The number of halogens is 1. The molecule has 2 aromatic rings. The summed E-state index contributed by atoms with van der Waals surface area (Å²) in [5.74, 6) is 0.868. The first kappa shape index (κ1) is 10.3. The highest BCUT2D eigenvalue weighted by Crippen LogP contribution is 2.33. The molecule has 2 rings (SSSR count). The molecular formula is C12H12BrNO. The van der Waals surface area contributed by atoms with Crippen molar-refractivity contribution in [3.05, 3.63) is 34.8 Å². The molecule has 0 aliphatic carbocycles. The Morgan fingerprint density at radius 1 is 1.20 bits per heavy atom. The van der Waals surface area contributed by atoms with Crippen LogP contribution in [0.5, 0.6) is 5.75 Å². The van der Waals surface area contributed by atoms with Crippen LogP contribution in [-0.2, 0) is 0 Å². The summed E-state index contributed by atoms with van der Waals surface area (Å²) in [7, 11) is 3.58. The van der Waals surface area contributed by atoms with Gasteiger partial charge in [-0.3, -0.25) is 0 Å². The predicted molar refractivity (Wildman–Crippen MR) is 67.7 cm³/mol. The first-order valence-electron chi connectivity index (χ1n) is 4.70. The molecule has 0 aliphatic rings. The number of rotatable bonds is 2. The van der Waals surface area contributed by atoms with Crippen molar-refractivity contribution < 1.29 is 4.74 Å². The van der Waals surface area contributed by atoms with Crippen molar-refractivity contribution in [2.45, 2.75) is 0 Å². The zero-order chi connectivity index (χ0) is 10.8. The Morgan fingerprint density at radius 2 is 2.00 bits per heavy atom. The van der Waals surface area contributed by atoms with E-state index in [9.17, 15) is 0 Å². The van der Waals surface area contributed by atoms with Gasteiger partial charge in [-0.25, -0.2) is 0 Å². The minimum atomic E-state index is 0.868. The zero-order valence-corrected chi connectivity index (χ0v) is 10.3. The molecule has 0 saturated heterocycles. The van der Waals surface area contributed by atoms with Gasteiger partial charge in [0.1, 0.15) is 5.75 Å². The van der Waals surface area contributed by atoms with Gasteiger partial charge in [0.05, 0.1) is 12.8 Å². The molecule has 0 aromatic heterocycles. The van der Waals surface area contributed by atoms with E-state index >= 15 is 0 Å². The van der Waals surface area contributed by atoms with E-state index in [1.807, 2.05) is 19.2 Å². The lowest BCUT2D eigenvalue weighted by Crippen LogP contribution is -1.94. The summed E-state index contributed by atoms with van der Waals surface area (Å²) in [6.07, 6.45) is 0. The van der Waals surface area contributed by atoms with Gasteiger partial charge in [-0.2, -0.15) is 0 Å². The van der Waals surface area contributed by atoms with Crippen molar-refractivity contribution in [1.82, 2.24) is 0 Å². The van der Waals surface area contributed by atoms with Gasteiger partial charge >= 0.3 is 0 Å². The molecule has 0 fully saturated rings. The Bertz CT molecular complexity index is 496. The largest absolute Gasteiger partial charge is 0.495 e. The predicted octanol–water partition coefficient (Wildman–Crippen LogP) is 3.65. The van der Waals surface area contributed by atoms with Gasteiger partial charge < -0.3 is 10.1 Å². The van der Waals surface area contributed by atoms with Crippen molar-refractivity contribution in [1.29, 1.82) is 0 Å². The molecule has 2 nitrogen and oxygen atoms in total. The summed E-state index contributed by atoms with van der Waals surface area (Å²) in [6.45, 7) is 0. The van der Waals surface area contributed by atoms with Crippen molar-refractivity contribution >= 4 is 32.4 Å². The third-order valence-corrected chi connectivity index (χ3v) is 2.91. The quantitative estimate of drug-likeness (QED) is 0.895. The van der Waals surface area contributed by atoms with Crippen LogP contribution in [-0.4, -0.2) is 14.2 Å². The normalized spacial score (nSPS) is 10.3. The second-order valence-corrected chi connectivity index (χ2v) is 4.17. The maximum Gasteiger partial charge on any atom is 0.142 e. The molecule has 1 N–H and O–H groups in total. The van der Waals surface area contributed by atoms with Crippen LogP contribution in [0.25, 0.3) is 10.8 Å². The third kappa shape index (κ3) is 1.79. The van der Waals surface area contributed by atoms with E-state index in [1.165, 1.54) is 10.8 Å². The maximum absolute atomic E-state index is 5.30.